The van der Waals surface area contributed by atoms with E-state index in [-0.39, 0.29) is 29.4 Å². The van der Waals surface area contributed by atoms with E-state index < -0.39 is 6.61 Å². The molecule has 1 aromatic rings. The number of hydrogen-bond acceptors (Lipinski definition) is 2. The maximum absolute atomic E-state index is 12.1. The van der Waals surface area contributed by atoms with Crippen molar-refractivity contribution in [3.05, 3.63) is 27.3 Å². The van der Waals surface area contributed by atoms with Crippen LogP contribution in [0.25, 0.3) is 0 Å². The van der Waals surface area contributed by atoms with Gasteiger partial charge in [-0.05, 0) is 34.7 Å². The summed E-state index contributed by atoms with van der Waals surface area (Å²) >= 11 is 7.34. The summed E-state index contributed by atoms with van der Waals surface area (Å²) in [4.78, 5) is 11.7. The summed E-state index contributed by atoms with van der Waals surface area (Å²) in [7, 11) is 0. The zero-order valence-corrected chi connectivity index (χ0v) is 11.0. The number of halogens is 4. The van der Waals surface area contributed by atoms with Crippen molar-refractivity contribution < 1.29 is 18.3 Å². The third kappa shape index (κ3) is 3.55. The minimum atomic E-state index is -2.94. The van der Waals surface area contributed by atoms with Gasteiger partial charge in [0.05, 0.1) is 5.56 Å². The highest BCUT2D eigenvalue weighted by atomic mass is 127. The molecule has 0 unspecified atom stereocenters. The number of Topliss-reactive ketones (excluding diaryl/α,β-unsaturated/α-hetero) is 1. The first-order valence-corrected chi connectivity index (χ1v) is 6.00. The molecule has 0 amide bonds. The molecular formula is C10H8ClF2IO2. The molecule has 0 aromatic heterocycles. The van der Waals surface area contributed by atoms with Crippen LogP contribution in [-0.2, 0) is 0 Å². The molecule has 0 bridgehead atoms. The molecule has 2 nitrogen and oxygen atoms in total. The van der Waals surface area contributed by atoms with Gasteiger partial charge >= 0.3 is 6.61 Å². The minimum Gasteiger partial charge on any atom is -0.434 e. The van der Waals surface area contributed by atoms with Gasteiger partial charge in [-0.2, -0.15) is 8.78 Å². The van der Waals surface area contributed by atoms with Gasteiger partial charge < -0.3 is 4.74 Å². The highest BCUT2D eigenvalue weighted by Crippen LogP contribution is 2.26. The summed E-state index contributed by atoms with van der Waals surface area (Å²) < 4.78 is 29.1. The van der Waals surface area contributed by atoms with E-state index in [1.165, 1.54) is 6.07 Å². The Morgan fingerprint density at radius 2 is 2.19 bits per heavy atom. The summed E-state index contributed by atoms with van der Waals surface area (Å²) in [5, 5.41) is 0. The SMILES string of the molecule is O=C(CCCl)c1c(I)cccc1OC(F)F. The van der Waals surface area contributed by atoms with Crippen LogP contribution in [0.15, 0.2) is 18.2 Å². The van der Waals surface area contributed by atoms with E-state index in [1.54, 1.807) is 12.1 Å². The van der Waals surface area contributed by atoms with E-state index in [4.69, 9.17) is 11.6 Å². The zero-order valence-electron chi connectivity index (χ0n) is 8.05. The average Bonchev–Trinajstić information content (AvgIpc) is 2.16. The van der Waals surface area contributed by atoms with Crippen molar-refractivity contribution in [3.8, 4) is 5.75 Å². The molecule has 6 heteroatoms. The number of carbonyl (C=O) groups excluding carboxylic acids is 1. The molecule has 0 radical (unpaired) electrons. The van der Waals surface area contributed by atoms with Crippen molar-refractivity contribution in [2.75, 3.05) is 5.88 Å². The van der Waals surface area contributed by atoms with E-state index in [1.807, 2.05) is 22.6 Å². The Labute approximate surface area is 110 Å². The molecule has 1 rings (SSSR count). The van der Waals surface area contributed by atoms with Crippen LogP contribution in [0.2, 0.25) is 0 Å². The molecule has 0 aliphatic rings. The lowest BCUT2D eigenvalue weighted by molar-refractivity contribution is -0.0501. The van der Waals surface area contributed by atoms with Gasteiger partial charge in [0.2, 0.25) is 0 Å². The fourth-order valence-electron chi connectivity index (χ4n) is 1.18. The van der Waals surface area contributed by atoms with Crippen molar-refractivity contribution in [2.45, 2.75) is 13.0 Å². The Hall–Kier alpha value is -0.430. The largest absolute Gasteiger partial charge is 0.434 e. The fourth-order valence-corrected chi connectivity index (χ4v) is 2.13. The van der Waals surface area contributed by atoms with E-state index in [2.05, 4.69) is 4.74 Å². The lowest BCUT2D eigenvalue weighted by atomic mass is 10.1. The molecule has 0 atom stereocenters. The second kappa shape index (κ2) is 6.34. The number of ketones is 1. The topological polar surface area (TPSA) is 26.3 Å². The molecule has 0 aliphatic carbocycles. The lowest BCUT2D eigenvalue weighted by Crippen LogP contribution is -2.10. The van der Waals surface area contributed by atoms with Crippen LogP contribution < -0.4 is 4.74 Å². The van der Waals surface area contributed by atoms with Gasteiger partial charge in [0.1, 0.15) is 5.75 Å². The van der Waals surface area contributed by atoms with E-state index in [9.17, 15) is 13.6 Å². The number of benzene rings is 1. The molecule has 16 heavy (non-hydrogen) atoms. The molecule has 0 fully saturated rings. The maximum atomic E-state index is 12.1. The molecule has 0 saturated carbocycles. The molecule has 88 valence electrons. The minimum absolute atomic E-state index is 0.0984. The third-order valence-electron chi connectivity index (χ3n) is 1.79. The van der Waals surface area contributed by atoms with Gasteiger partial charge in [-0.25, -0.2) is 0 Å². The van der Waals surface area contributed by atoms with Gasteiger partial charge in [0.25, 0.3) is 0 Å². The van der Waals surface area contributed by atoms with Crippen molar-refractivity contribution in [2.24, 2.45) is 0 Å². The molecule has 1 aromatic carbocycles. The van der Waals surface area contributed by atoms with Gasteiger partial charge in [0, 0.05) is 15.9 Å². The second-order valence-corrected chi connectivity index (χ2v) is 4.39. The Balaban J connectivity index is 3.07. The molecule has 0 spiro atoms. The smallest absolute Gasteiger partial charge is 0.387 e. The second-order valence-electron chi connectivity index (χ2n) is 2.85. The summed E-state index contributed by atoms with van der Waals surface area (Å²) in [6.45, 7) is -2.94. The van der Waals surface area contributed by atoms with Crippen molar-refractivity contribution >= 4 is 40.0 Å². The predicted octanol–water partition coefficient (Wildman–Crippen LogP) is 3.70. The van der Waals surface area contributed by atoms with Crippen molar-refractivity contribution in [1.82, 2.24) is 0 Å². The number of alkyl halides is 3. The van der Waals surface area contributed by atoms with Crippen molar-refractivity contribution in [1.29, 1.82) is 0 Å². The number of carbonyl (C=O) groups is 1. The summed E-state index contributed by atoms with van der Waals surface area (Å²) in [6, 6.07) is 4.55. The van der Waals surface area contributed by atoms with Gasteiger partial charge in [0.15, 0.2) is 5.78 Å². The normalized spacial score (nSPS) is 10.6. The molecule has 0 aliphatic heterocycles. The quantitative estimate of drug-likeness (QED) is 0.455. The van der Waals surface area contributed by atoms with Crippen LogP contribution in [0.1, 0.15) is 16.8 Å². The van der Waals surface area contributed by atoms with E-state index >= 15 is 0 Å². The first-order valence-electron chi connectivity index (χ1n) is 4.38. The molecular weight excluding hydrogens is 352 g/mol. The summed E-state index contributed by atoms with van der Waals surface area (Å²) in [6.07, 6.45) is 0.0984. The van der Waals surface area contributed by atoms with Crippen LogP contribution in [0.5, 0.6) is 5.75 Å². The standard InChI is InChI=1S/C10H8ClF2IO2/c11-5-4-7(15)9-6(14)2-1-3-8(9)16-10(12)13/h1-3,10H,4-5H2. The first kappa shape index (κ1) is 13.6. The first-order chi connectivity index (χ1) is 7.56. The van der Waals surface area contributed by atoms with E-state index in [0.717, 1.165) is 0 Å². The summed E-state index contributed by atoms with van der Waals surface area (Å²) in [5.41, 5.74) is 0.170. The zero-order chi connectivity index (χ0) is 12.1. The highest BCUT2D eigenvalue weighted by Gasteiger charge is 2.18. The number of ether oxygens (including phenoxy) is 1. The average molecular weight is 361 g/mol. The van der Waals surface area contributed by atoms with Gasteiger partial charge in [-0.1, -0.05) is 6.07 Å². The monoisotopic (exact) mass is 360 g/mol. The van der Waals surface area contributed by atoms with Gasteiger partial charge in [-0.3, -0.25) is 4.79 Å². The van der Waals surface area contributed by atoms with Crippen LogP contribution in [0, 0.1) is 3.57 Å². The fraction of sp³-hybridized carbons (Fsp3) is 0.300. The summed E-state index contributed by atoms with van der Waals surface area (Å²) in [5.74, 6) is -0.245. The van der Waals surface area contributed by atoms with Crippen LogP contribution in [0.3, 0.4) is 0 Å². The number of rotatable bonds is 5. The predicted molar refractivity (Wildman–Crippen MR) is 65.5 cm³/mol. The van der Waals surface area contributed by atoms with Gasteiger partial charge in [-0.15, -0.1) is 11.6 Å². The molecule has 0 N–H and O–H groups in total. The Morgan fingerprint density at radius 1 is 1.50 bits per heavy atom. The van der Waals surface area contributed by atoms with Crippen molar-refractivity contribution in [3.63, 3.8) is 0 Å². The maximum Gasteiger partial charge on any atom is 0.387 e. The third-order valence-corrected chi connectivity index (χ3v) is 2.88. The Kier molecular flexibility index (Phi) is 5.40. The molecule has 0 saturated heterocycles. The van der Waals surface area contributed by atoms with Crippen LogP contribution in [0.4, 0.5) is 8.78 Å². The molecule has 0 heterocycles. The van der Waals surface area contributed by atoms with Crippen LogP contribution in [-0.4, -0.2) is 18.3 Å². The number of hydrogen-bond donors (Lipinski definition) is 0. The lowest BCUT2D eigenvalue weighted by Gasteiger charge is -2.10. The Bertz CT molecular complexity index is 385. The highest BCUT2D eigenvalue weighted by molar-refractivity contribution is 14.1. The van der Waals surface area contributed by atoms with Crippen LogP contribution >= 0.6 is 34.2 Å². The van der Waals surface area contributed by atoms with E-state index in [0.29, 0.717) is 3.57 Å². The Morgan fingerprint density at radius 3 is 2.75 bits per heavy atom.